The van der Waals surface area contributed by atoms with Crippen LogP contribution in [-0.4, -0.2) is 51.7 Å². The molecule has 0 bridgehead atoms. The zero-order chi connectivity index (χ0) is 15.2. The second kappa shape index (κ2) is 7.21. The van der Waals surface area contributed by atoms with Gasteiger partial charge in [-0.05, 0) is 5.56 Å². The van der Waals surface area contributed by atoms with Gasteiger partial charge in [-0.1, -0.05) is 30.3 Å². The first-order valence-electron chi connectivity index (χ1n) is 6.80. The van der Waals surface area contributed by atoms with E-state index in [1.165, 1.54) is 0 Å². The van der Waals surface area contributed by atoms with Crippen LogP contribution in [-0.2, 0) is 22.0 Å². The van der Waals surface area contributed by atoms with E-state index in [0.717, 1.165) is 5.56 Å². The summed E-state index contributed by atoms with van der Waals surface area (Å²) in [6, 6.07) is 8.04. The summed E-state index contributed by atoms with van der Waals surface area (Å²) < 4.78 is 11.4. The van der Waals surface area contributed by atoms with E-state index in [1.807, 2.05) is 30.3 Å². The Morgan fingerprint density at radius 2 is 1.86 bits per heavy atom. The lowest BCUT2D eigenvalue weighted by atomic mass is 10.0. The van der Waals surface area contributed by atoms with Crippen molar-refractivity contribution in [2.75, 3.05) is 24.6 Å². The van der Waals surface area contributed by atoms with Crippen molar-refractivity contribution in [3.63, 3.8) is 0 Å². The Hall–Kier alpha value is -1.89. The molecule has 1 unspecified atom stereocenters. The molecule has 1 atom stereocenters. The average Bonchev–Trinajstić information content (AvgIpc) is 2.47. The minimum atomic E-state index is -0.845. The zero-order valence-corrected chi connectivity index (χ0v) is 12.5. The van der Waals surface area contributed by atoms with Crippen molar-refractivity contribution in [2.45, 2.75) is 12.5 Å². The van der Waals surface area contributed by atoms with Crippen molar-refractivity contribution in [1.82, 2.24) is 10.2 Å². The second-order valence-corrected chi connectivity index (χ2v) is 6.62. The van der Waals surface area contributed by atoms with Gasteiger partial charge in [0.25, 0.3) is 0 Å². The van der Waals surface area contributed by atoms with E-state index in [-0.39, 0.29) is 5.91 Å². The SMILES string of the molecule is NC(=O)NC(Cc1ccccc1)C(=O)N1CCS(=O)CC1. The smallest absolute Gasteiger partial charge is 0.312 e. The number of amides is 3. The molecule has 0 aromatic heterocycles. The summed E-state index contributed by atoms with van der Waals surface area (Å²) in [4.78, 5) is 25.3. The molecule has 21 heavy (non-hydrogen) atoms. The Kier molecular flexibility index (Phi) is 5.32. The molecule has 1 saturated heterocycles. The first-order valence-corrected chi connectivity index (χ1v) is 8.28. The molecule has 7 heteroatoms. The molecule has 3 amide bonds. The van der Waals surface area contributed by atoms with Crippen LogP contribution in [0.4, 0.5) is 4.79 Å². The first-order chi connectivity index (χ1) is 10.1. The fourth-order valence-electron chi connectivity index (χ4n) is 2.30. The number of rotatable bonds is 4. The maximum atomic E-state index is 12.5. The number of nitrogens with two attached hydrogens (primary N) is 1. The van der Waals surface area contributed by atoms with E-state index in [1.54, 1.807) is 4.90 Å². The standard InChI is InChI=1S/C14H19N3O3S/c15-14(19)16-12(10-11-4-2-1-3-5-11)13(18)17-6-8-21(20)9-7-17/h1-5,12H,6-10H2,(H3,15,16,19). The van der Waals surface area contributed by atoms with Gasteiger partial charge in [0.05, 0.1) is 0 Å². The summed E-state index contributed by atoms with van der Waals surface area (Å²) in [5.41, 5.74) is 6.12. The molecule has 0 saturated carbocycles. The fraction of sp³-hybridized carbons (Fsp3) is 0.429. The quantitative estimate of drug-likeness (QED) is 0.810. The van der Waals surface area contributed by atoms with E-state index in [0.29, 0.717) is 31.0 Å². The van der Waals surface area contributed by atoms with Gasteiger partial charge in [0.15, 0.2) is 0 Å². The highest BCUT2D eigenvalue weighted by atomic mass is 32.2. The number of benzene rings is 1. The van der Waals surface area contributed by atoms with Gasteiger partial charge in [-0.15, -0.1) is 0 Å². The fourth-order valence-corrected chi connectivity index (χ4v) is 3.35. The lowest BCUT2D eigenvalue weighted by Gasteiger charge is -2.30. The van der Waals surface area contributed by atoms with Crippen molar-refractivity contribution in [3.8, 4) is 0 Å². The maximum Gasteiger partial charge on any atom is 0.312 e. The van der Waals surface area contributed by atoms with E-state index < -0.39 is 22.9 Å². The van der Waals surface area contributed by atoms with Gasteiger partial charge in [0, 0.05) is 41.8 Å². The highest BCUT2D eigenvalue weighted by molar-refractivity contribution is 7.85. The van der Waals surface area contributed by atoms with Crippen LogP contribution < -0.4 is 11.1 Å². The summed E-state index contributed by atoms with van der Waals surface area (Å²) in [6.07, 6.45) is 0.391. The molecule has 1 heterocycles. The van der Waals surface area contributed by atoms with Gasteiger partial charge >= 0.3 is 6.03 Å². The number of urea groups is 1. The third-order valence-electron chi connectivity index (χ3n) is 3.39. The molecule has 1 aliphatic heterocycles. The lowest BCUT2D eigenvalue weighted by Crippen LogP contribution is -2.54. The van der Waals surface area contributed by atoms with Gasteiger partial charge in [0.1, 0.15) is 6.04 Å². The molecule has 3 N–H and O–H groups in total. The molecule has 0 radical (unpaired) electrons. The van der Waals surface area contributed by atoms with Crippen molar-refractivity contribution in [2.24, 2.45) is 5.73 Å². The first kappa shape index (κ1) is 15.5. The maximum absolute atomic E-state index is 12.5. The third-order valence-corrected chi connectivity index (χ3v) is 4.66. The predicted molar refractivity (Wildman–Crippen MR) is 81.1 cm³/mol. The van der Waals surface area contributed by atoms with E-state index in [4.69, 9.17) is 5.73 Å². The Bertz CT molecular complexity index is 526. The van der Waals surface area contributed by atoms with Crippen molar-refractivity contribution in [3.05, 3.63) is 35.9 Å². The average molecular weight is 309 g/mol. The highest BCUT2D eigenvalue weighted by Crippen LogP contribution is 2.08. The Morgan fingerprint density at radius 1 is 1.24 bits per heavy atom. The molecule has 1 aromatic rings. The van der Waals surface area contributed by atoms with Crippen molar-refractivity contribution < 1.29 is 13.8 Å². The molecule has 1 aliphatic rings. The topological polar surface area (TPSA) is 92.5 Å². The number of hydrogen-bond acceptors (Lipinski definition) is 3. The summed E-state index contributed by atoms with van der Waals surface area (Å²) >= 11 is 0. The summed E-state index contributed by atoms with van der Waals surface area (Å²) in [5, 5.41) is 2.51. The molecule has 1 fully saturated rings. The van der Waals surface area contributed by atoms with Crippen molar-refractivity contribution in [1.29, 1.82) is 0 Å². The molecule has 0 spiro atoms. The number of primary amides is 1. The minimum absolute atomic E-state index is 0.172. The van der Waals surface area contributed by atoms with Crippen LogP contribution >= 0.6 is 0 Å². The normalized spacial score (nSPS) is 17.2. The zero-order valence-electron chi connectivity index (χ0n) is 11.7. The van der Waals surface area contributed by atoms with Gasteiger partial charge in [-0.2, -0.15) is 0 Å². The van der Waals surface area contributed by atoms with Gasteiger partial charge in [-0.3, -0.25) is 9.00 Å². The van der Waals surface area contributed by atoms with Gasteiger partial charge in [-0.25, -0.2) is 4.79 Å². The molecular weight excluding hydrogens is 290 g/mol. The number of nitrogens with one attached hydrogen (secondary N) is 1. The molecule has 2 rings (SSSR count). The van der Waals surface area contributed by atoms with Crippen LogP contribution in [0.1, 0.15) is 5.56 Å². The van der Waals surface area contributed by atoms with E-state index in [2.05, 4.69) is 5.32 Å². The molecular formula is C14H19N3O3S. The predicted octanol–water partition coefficient (Wildman–Crippen LogP) is -0.143. The Balaban J connectivity index is 2.06. The number of nitrogens with zero attached hydrogens (tertiary/aromatic N) is 1. The van der Waals surface area contributed by atoms with Crippen LogP contribution in [0.15, 0.2) is 30.3 Å². The Labute approximate surface area is 126 Å². The van der Waals surface area contributed by atoms with Crippen LogP contribution in [0.2, 0.25) is 0 Å². The summed E-state index contributed by atoms with van der Waals surface area (Å²) in [7, 11) is -0.845. The molecule has 0 aliphatic carbocycles. The molecule has 1 aromatic carbocycles. The minimum Gasteiger partial charge on any atom is -0.352 e. The van der Waals surface area contributed by atoms with E-state index in [9.17, 15) is 13.8 Å². The summed E-state index contributed by atoms with van der Waals surface area (Å²) in [5.74, 6) is 0.801. The lowest BCUT2D eigenvalue weighted by molar-refractivity contribution is -0.132. The monoisotopic (exact) mass is 309 g/mol. The third kappa shape index (κ3) is 4.56. The summed E-state index contributed by atoms with van der Waals surface area (Å²) in [6.45, 7) is 0.911. The van der Waals surface area contributed by atoms with Crippen LogP contribution in [0.3, 0.4) is 0 Å². The van der Waals surface area contributed by atoms with Gasteiger partial charge < -0.3 is 16.0 Å². The molecule has 114 valence electrons. The largest absolute Gasteiger partial charge is 0.352 e. The second-order valence-electron chi connectivity index (χ2n) is 4.92. The van der Waals surface area contributed by atoms with Crippen LogP contribution in [0.5, 0.6) is 0 Å². The van der Waals surface area contributed by atoms with Crippen LogP contribution in [0.25, 0.3) is 0 Å². The Morgan fingerprint density at radius 3 is 2.43 bits per heavy atom. The van der Waals surface area contributed by atoms with Crippen LogP contribution in [0, 0.1) is 0 Å². The number of carbonyl (C=O) groups is 2. The number of carbonyl (C=O) groups excluding carboxylic acids is 2. The van der Waals surface area contributed by atoms with Gasteiger partial charge in [0.2, 0.25) is 5.91 Å². The van der Waals surface area contributed by atoms with Crippen molar-refractivity contribution >= 4 is 22.7 Å². The highest BCUT2D eigenvalue weighted by Gasteiger charge is 2.28. The van der Waals surface area contributed by atoms with E-state index >= 15 is 0 Å². The number of hydrogen-bond donors (Lipinski definition) is 2. The molecule has 6 nitrogen and oxygen atoms in total.